The van der Waals surface area contributed by atoms with Gasteiger partial charge in [0.2, 0.25) is 5.91 Å². The van der Waals surface area contributed by atoms with Gasteiger partial charge in [-0.25, -0.2) is 4.79 Å². The van der Waals surface area contributed by atoms with Crippen LogP contribution < -0.4 is 10.2 Å². The summed E-state index contributed by atoms with van der Waals surface area (Å²) in [5.74, 6) is -0.167. The van der Waals surface area contributed by atoms with Gasteiger partial charge in [0.05, 0.1) is 17.8 Å². The van der Waals surface area contributed by atoms with Gasteiger partial charge in [-0.1, -0.05) is 57.5 Å². The molecule has 178 valence electrons. The summed E-state index contributed by atoms with van der Waals surface area (Å²) in [5, 5.41) is 12.3. The molecule has 0 unspecified atom stereocenters. The minimum absolute atomic E-state index is 0.0886. The molecule has 0 aromatic heterocycles. The van der Waals surface area contributed by atoms with Crippen LogP contribution in [-0.4, -0.2) is 30.1 Å². The molecule has 0 aliphatic carbocycles. The molecule has 0 atom stereocenters. The van der Waals surface area contributed by atoms with Gasteiger partial charge in [-0.3, -0.25) is 4.79 Å². The zero-order chi connectivity index (χ0) is 24.7. The first-order valence-corrected chi connectivity index (χ1v) is 11.6. The third-order valence-electron chi connectivity index (χ3n) is 5.43. The van der Waals surface area contributed by atoms with Crippen molar-refractivity contribution in [2.75, 3.05) is 23.3 Å². The number of carbonyl (C=O) groups excluding carboxylic acids is 1. The number of carboxylic acid groups (broad SMARTS) is 1. The van der Waals surface area contributed by atoms with Crippen molar-refractivity contribution in [1.29, 1.82) is 0 Å². The van der Waals surface area contributed by atoms with E-state index in [0.29, 0.717) is 23.1 Å². The summed E-state index contributed by atoms with van der Waals surface area (Å²) >= 11 is 0. The highest BCUT2D eigenvalue weighted by Gasteiger charge is 2.18. The van der Waals surface area contributed by atoms with Crippen LogP contribution in [0, 0.1) is 25.7 Å². The van der Waals surface area contributed by atoms with Crippen LogP contribution in [0.4, 0.5) is 11.4 Å². The fourth-order valence-electron chi connectivity index (χ4n) is 3.99. The molecule has 0 heterocycles. The quantitative estimate of drug-likeness (QED) is 0.430. The van der Waals surface area contributed by atoms with Crippen molar-refractivity contribution >= 4 is 28.8 Å². The van der Waals surface area contributed by atoms with Crippen LogP contribution in [0.25, 0.3) is 5.57 Å². The van der Waals surface area contributed by atoms with Crippen LogP contribution in [0.1, 0.15) is 56.9 Å². The van der Waals surface area contributed by atoms with Crippen molar-refractivity contribution < 1.29 is 14.7 Å². The third kappa shape index (κ3) is 8.08. The molecule has 0 saturated heterocycles. The normalized spacial score (nSPS) is 11.7. The van der Waals surface area contributed by atoms with Crippen molar-refractivity contribution in [1.82, 2.24) is 0 Å². The van der Waals surface area contributed by atoms with Gasteiger partial charge in [0.1, 0.15) is 0 Å². The third-order valence-corrected chi connectivity index (χ3v) is 5.43. The standard InChI is InChI=1S/C28H38N2O3/c1-18(2)16-30(17-19(3)4)26-11-10-23(22(7)13-28(32)33)14-25(26)29-27(31)15-24-9-8-20(5)12-21(24)6/h8-14,18-19H,15-17H2,1-7H3,(H,29,31)(H,32,33)/b22-13+. The van der Waals surface area contributed by atoms with Crippen LogP contribution in [-0.2, 0) is 16.0 Å². The molecule has 2 aromatic carbocycles. The lowest BCUT2D eigenvalue weighted by atomic mass is 10.0. The lowest BCUT2D eigenvalue weighted by Gasteiger charge is -2.31. The van der Waals surface area contributed by atoms with Gasteiger partial charge in [-0.05, 0) is 67.0 Å². The van der Waals surface area contributed by atoms with E-state index in [4.69, 9.17) is 5.11 Å². The Labute approximate surface area is 198 Å². The monoisotopic (exact) mass is 450 g/mol. The highest BCUT2D eigenvalue weighted by molar-refractivity contribution is 5.97. The summed E-state index contributed by atoms with van der Waals surface area (Å²) in [6.07, 6.45) is 1.48. The van der Waals surface area contributed by atoms with Gasteiger partial charge >= 0.3 is 5.97 Å². The van der Waals surface area contributed by atoms with Crippen LogP contribution in [0.5, 0.6) is 0 Å². The molecule has 0 radical (unpaired) electrons. The molecule has 0 saturated carbocycles. The number of hydrogen-bond donors (Lipinski definition) is 2. The SMILES string of the molecule is C/C(=C\C(=O)O)c1ccc(N(CC(C)C)CC(C)C)c(NC(=O)Cc2ccc(C)cc2C)c1. The number of anilines is 2. The Morgan fingerprint density at radius 1 is 1.00 bits per heavy atom. The number of nitrogens with one attached hydrogen (secondary N) is 1. The zero-order valence-electron chi connectivity index (χ0n) is 21.0. The highest BCUT2D eigenvalue weighted by atomic mass is 16.4. The van der Waals surface area contributed by atoms with E-state index < -0.39 is 5.97 Å². The van der Waals surface area contributed by atoms with Crippen LogP contribution >= 0.6 is 0 Å². The van der Waals surface area contributed by atoms with E-state index in [-0.39, 0.29) is 12.3 Å². The average molecular weight is 451 g/mol. The largest absolute Gasteiger partial charge is 0.478 e. The lowest BCUT2D eigenvalue weighted by Crippen LogP contribution is -2.32. The van der Waals surface area contributed by atoms with E-state index in [2.05, 4.69) is 44.0 Å². The summed E-state index contributed by atoms with van der Waals surface area (Å²) in [7, 11) is 0. The molecule has 0 fully saturated rings. The first kappa shape index (κ1) is 26.2. The van der Waals surface area contributed by atoms with Crippen molar-refractivity contribution in [3.05, 3.63) is 64.7 Å². The molecule has 2 aromatic rings. The second-order valence-corrected chi connectivity index (χ2v) is 9.75. The number of carboxylic acids is 1. The number of aryl methyl sites for hydroxylation is 2. The van der Waals surface area contributed by atoms with Crippen LogP contribution in [0.2, 0.25) is 0 Å². The first-order valence-electron chi connectivity index (χ1n) is 11.6. The van der Waals surface area contributed by atoms with Crippen molar-refractivity contribution in [2.24, 2.45) is 11.8 Å². The van der Waals surface area contributed by atoms with Gasteiger partial charge in [0.25, 0.3) is 0 Å². The molecule has 5 heteroatoms. The summed E-state index contributed by atoms with van der Waals surface area (Å²) in [5.41, 5.74) is 6.35. The summed E-state index contributed by atoms with van der Waals surface area (Å²) in [4.78, 5) is 26.5. The minimum Gasteiger partial charge on any atom is -0.478 e. The number of nitrogens with zero attached hydrogens (tertiary/aromatic N) is 1. The molecule has 1 amide bonds. The molecule has 0 aliphatic heterocycles. The maximum Gasteiger partial charge on any atom is 0.328 e. The number of rotatable bonds is 10. The molecule has 0 bridgehead atoms. The second kappa shape index (κ2) is 11.7. The first-order chi connectivity index (χ1) is 15.5. The number of carbonyl (C=O) groups is 2. The summed E-state index contributed by atoms with van der Waals surface area (Å²) in [6, 6.07) is 11.9. The molecule has 0 spiro atoms. The fourth-order valence-corrected chi connectivity index (χ4v) is 3.99. The maximum atomic E-state index is 13.1. The Morgan fingerprint density at radius 3 is 2.18 bits per heavy atom. The van der Waals surface area contributed by atoms with E-state index >= 15 is 0 Å². The van der Waals surface area contributed by atoms with Gasteiger partial charge in [-0.2, -0.15) is 0 Å². The van der Waals surface area contributed by atoms with Gasteiger partial charge < -0.3 is 15.3 Å². The second-order valence-electron chi connectivity index (χ2n) is 9.75. The maximum absolute atomic E-state index is 13.1. The van der Waals surface area contributed by atoms with Gasteiger partial charge in [0, 0.05) is 19.2 Å². The van der Waals surface area contributed by atoms with E-state index in [1.165, 1.54) is 11.6 Å². The van der Waals surface area contributed by atoms with Crippen LogP contribution in [0.15, 0.2) is 42.5 Å². The predicted molar refractivity (Wildman–Crippen MR) is 138 cm³/mol. The Bertz CT molecular complexity index is 1010. The highest BCUT2D eigenvalue weighted by Crippen LogP contribution is 2.31. The zero-order valence-corrected chi connectivity index (χ0v) is 21.0. The molecule has 5 nitrogen and oxygen atoms in total. The predicted octanol–water partition coefficient (Wildman–Crippen LogP) is 6.09. The topological polar surface area (TPSA) is 69.6 Å². The number of amides is 1. The molecule has 0 aliphatic rings. The number of allylic oxidation sites excluding steroid dienone is 1. The van der Waals surface area contributed by atoms with E-state index in [9.17, 15) is 9.59 Å². The van der Waals surface area contributed by atoms with Gasteiger partial charge in [-0.15, -0.1) is 0 Å². The molecule has 33 heavy (non-hydrogen) atoms. The Kier molecular flexibility index (Phi) is 9.27. The summed E-state index contributed by atoms with van der Waals surface area (Å²) in [6.45, 7) is 16.3. The minimum atomic E-state index is -0.988. The van der Waals surface area contributed by atoms with E-state index in [1.54, 1.807) is 6.92 Å². The number of aliphatic carboxylic acids is 1. The van der Waals surface area contributed by atoms with E-state index in [1.807, 2.05) is 44.2 Å². The smallest absolute Gasteiger partial charge is 0.328 e. The van der Waals surface area contributed by atoms with E-state index in [0.717, 1.165) is 35.5 Å². The van der Waals surface area contributed by atoms with Crippen LogP contribution in [0.3, 0.4) is 0 Å². The number of benzene rings is 2. The molecule has 2 rings (SSSR count). The van der Waals surface area contributed by atoms with Gasteiger partial charge in [0.15, 0.2) is 0 Å². The Balaban J connectivity index is 2.45. The Hall–Kier alpha value is -3.08. The Morgan fingerprint density at radius 2 is 1.64 bits per heavy atom. The fraction of sp³-hybridized carbons (Fsp3) is 0.429. The van der Waals surface area contributed by atoms with Crippen molar-refractivity contribution in [3.8, 4) is 0 Å². The number of hydrogen-bond acceptors (Lipinski definition) is 3. The molecular weight excluding hydrogens is 412 g/mol. The lowest BCUT2D eigenvalue weighted by molar-refractivity contribution is -0.131. The van der Waals surface area contributed by atoms with Crippen molar-refractivity contribution in [2.45, 2.75) is 54.9 Å². The summed E-state index contributed by atoms with van der Waals surface area (Å²) < 4.78 is 0. The molecule has 2 N–H and O–H groups in total. The molecular formula is C28H38N2O3. The average Bonchev–Trinajstić information content (AvgIpc) is 2.68. The van der Waals surface area contributed by atoms with Crippen molar-refractivity contribution in [3.63, 3.8) is 0 Å².